The molecule has 6 nitrogen and oxygen atoms in total. The number of halogens is 2. The summed E-state index contributed by atoms with van der Waals surface area (Å²) in [5, 5.41) is 4.66. The van der Waals surface area contributed by atoms with Crippen LogP contribution in [0, 0.1) is 6.92 Å². The molecule has 3 rings (SSSR count). The fourth-order valence-corrected chi connectivity index (χ4v) is 3.00. The predicted molar refractivity (Wildman–Crippen MR) is 120 cm³/mol. The second-order valence-electron chi connectivity index (χ2n) is 6.43. The molecule has 31 heavy (non-hydrogen) atoms. The maximum atomic E-state index is 12.2. The molecule has 0 bridgehead atoms. The molecule has 0 aliphatic carbocycles. The number of rotatable bonds is 7. The Balaban J connectivity index is 1.48. The smallest absolute Gasteiger partial charge is 0.343 e. The molecule has 0 radical (unpaired) electrons. The number of amides is 1. The van der Waals surface area contributed by atoms with E-state index < -0.39 is 11.9 Å². The summed E-state index contributed by atoms with van der Waals surface area (Å²) < 4.78 is 10.7. The molecule has 0 unspecified atom stereocenters. The summed E-state index contributed by atoms with van der Waals surface area (Å²) in [7, 11) is 0. The minimum absolute atomic E-state index is 0.257. The predicted octanol–water partition coefficient (Wildman–Crippen LogP) is 5.05. The molecule has 0 aliphatic heterocycles. The van der Waals surface area contributed by atoms with Crippen LogP contribution < -0.4 is 14.9 Å². The van der Waals surface area contributed by atoms with E-state index in [1.54, 1.807) is 48.5 Å². The molecule has 3 aromatic rings. The Morgan fingerprint density at radius 3 is 2.48 bits per heavy atom. The van der Waals surface area contributed by atoms with Crippen LogP contribution in [0.4, 0.5) is 0 Å². The highest BCUT2D eigenvalue weighted by molar-refractivity contribution is 6.35. The van der Waals surface area contributed by atoms with E-state index in [-0.39, 0.29) is 6.61 Å². The summed E-state index contributed by atoms with van der Waals surface area (Å²) in [5.41, 5.74) is 4.42. The van der Waals surface area contributed by atoms with Crippen molar-refractivity contribution in [2.24, 2.45) is 5.10 Å². The van der Waals surface area contributed by atoms with Crippen molar-refractivity contribution in [2.45, 2.75) is 6.92 Å². The van der Waals surface area contributed by atoms with Crippen LogP contribution in [0.5, 0.6) is 11.5 Å². The van der Waals surface area contributed by atoms with Gasteiger partial charge in [0.05, 0.1) is 16.8 Å². The van der Waals surface area contributed by atoms with Gasteiger partial charge in [-0.05, 0) is 66.6 Å². The van der Waals surface area contributed by atoms with Crippen molar-refractivity contribution in [3.63, 3.8) is 0 Å². The molecule has 0 aliphatic rings. The van der Waals surface area contributed by atoms with Gasteiger partial charge in [-0.2, -0.15) is 5.10 Å². The number of hydrogen-bond acceptors (Lipinski definition) is 5. The largest absolute Gasteiger partial charge is 0.482 e. The number of nitrogens with zero attached hydrogens (tertiary/aromatic N) is 1. The zero-order valence-electron chi connectivity index (χ0n) is 16.5. The van der Waals surface area contributed by atoms with Crippen LogP contribution in [0.15, 0.2) is 71.8 Å². The van der Waals surface area contributed by atoms with E-state index in [0.717, 1.165) is 5.56 Å². The SMILES string of the molecule is Cc1ccccc1C(=O)Oc1ccc(/C=N/NC(=O)COc2ccc(Cl)cc2Cl)cc1. The molecule has 1 N–H and O–H groups in total. The van der Waals surface area contributed by atoms with Crippen molar-refractivity contribution in [1.29, 1.82) is 0 Å². The third-order valence-electron chi connectivity index (χ3n) is 4.11. The van der Waals surface area contributed by atoms with Crippen LogP contribution in [0.3, 0.4) is 0 Å². The summed E-state index contributed by atoms with van der Waals surface area (Å²) in [6.45, 7) is 1.59. The van der Waals surface area contributed by atoms with Crippen LogP contribution >= 0.6 is 23.2 Å². The molecule has 0 atom stereocenters. The highest BCUT2D eigenvalue weighted by atomic mass is 35.5. The highest BCUT2D eigenvalue weighted by Gasteiger charge is 2.10. The van der Waals surface area contributed by atoms with Crippen LogP contribution in [0.1, 0.15) is 21.5 Å². The van der Waals surface area contributed by atoms with Gasteiger partial charge in [0, 0.05) is 5.02 Å². The fraction of sp³-hybridized carbons (Fsp3) is 0.0870. The minimum atomic E-state index is -0.453. The summed E-state index contributed by atoms with van der Waals surface area (Å²) in [4.78, 5) is 24.1. The van der Waals surface area contributed by atoms with Gasteiger partial charge in [0.2, 0.25) is 0 Å². The van der Waals surface area contributed by atoms with Crippen molar-refractivity contribution in [1.82, 2.24) is 5.43 Å². The summed E-state index contributed by atoms with van der Waals surface area (Å²) in [5.74, 6) is -0.123. The van der Waals surface area contributed by atoms with Crippen molar-refractivity contribution in [3.8, 4) is 11.5 Å². The van der Waals surface area contributed by atoms with Gasteiger partial charge in [-0.1, -0.05) is 41.4 Å². The van der Waals surface area contributed by atoms with Crippen LogP contribution in [0.2, 0.25) is 10.0 Å². The van der Waals surface area contributed by atoms with Crippen LogP contribution in [-0.4, -0.2) is 24.7 Å². The number of benzene rings is 3. The van der Waals surface area contributed by atoms with E-state index in [1.807, 2.05) is 19.1 Å². The van der Waals surface area contributed by atoms with Gasteiger partial charge < -0.3 is 9.47 Å². The average Bonchev–Trinajstić information content (AvgIpc) is 2.74. The molecule has 8 heteroatoms. The van der Waals surface area contributed by atoms with E-state index in [2.05, 4.69) is 10.5 Å². The van der Waals surface area contributed by atoms with E-state index in [1.165, 1.54) is 12.3 Å². The van der Waals surface area contributed by atoms with E-state index in [0.29, 0.717) is 32.7 Å². The van der Waals surface area contributed by atoms with E-state index >= 15 is 0 Å². The monoisotopic (exact) mass is 456 g/mol. The maximum absolute atomic E-state index is 12.2. The molecule has 0 saturated carbocycles. The summed E-state index contributed by atoms with van der Waals surface area (Å²) in [6.07, 6.45) is 1.46. The molecule has 0 saturated heterocycles. The van der Waals surface area contributed by atoms with Crippen molar-refractivity contribution in [3.05, 3.63) is 93.5 Å². The Labute approximate surface area is 189 Å². The summed E-state index contributed by atoms with van der Waals surface area (Å²) in [6, 6.07) is 18.6. The Bertz CT molecular complexity index is 1110. The number of ether oxygens (including phenoxy) is 2. The maximum Gasteiger partial charge on any atom is 0.343 e. The molecule has 1 amide bonds. The average molecular weight is 457 g/mol. The van der Waals surface area contributed by atoms with Gasteiger partial charge in [0.1, 0.15) is 11.5 Å². The van der Waals surface area contributed by atoms with Crippen LogP contribution in [-0.2, 0) is 4.79 Å². The second-order valence-corrected chi connectivity index (χ2v) is 7.27. The molecule has 3 aromatic carbocycles. The molecular formula is C23H18Cl2N2O4. The topological polar surface area (TPSA) is 77.0 Å². The first-order valence-corrected chi connectivity index (χ1v) is 9.95. The third kappa shape index (κ3) is 6.57. The standard InChI is InChI=1S/C23H18Cl2N2O4/c1-15-4-2-3-5-19(15)23(29)31-18-9-6-16(7-10-18)13-26-27-22(28)14-30-21-11-8-17(24)12-20(21)25/h2-13H,14H2,1H3,(H,27,28)/b26-13+. The number of hydrogen-bond donors (Lipinski definition) is 1. The number of hydrazone groups is 1. The lowest BCUT2D eigenvalue weighted by atomic mass is 10.1. The van der Waals surface area contributed by atoms with Gasteiger partial charge in [0.15, 0.2) is 6.61 Å². The van der Waals surface area contributed by atoms with Gasteiger partial charge in [-0.3, -0.25) is 4.79 Å². The second kappa shape index (κ2) is 10.6. The molecule has 0 heterocycles. The molecule has 0 aromatic heterocycles. The first kappa shape index (κ1) is 22.3. The van der Waals surface area contributed by atoms with Crippen LogP contribution in [0.25, 0.3) is 0 Å². The van der Waals surface area contributed by atoms with Gasteiger partial charge in [0.25, 0.3) is 5.91 Å². The zero-order valence-corrected chi connectivity index (χ0v) is 18.0. The number of nitrogens with one attached hydrogen (secondary N) is 1. The van der Waals surface area contributed by atoms with Crippen molar-refractivity contribution >= 4 is 41.3 Å². The van der Waals surface area contributed by atoms with Crippen molar-refractivity contribution in [2.75, 3.05) is 6.61 Å². The Morgan fingerprint density at radius 2 is 1.77 bits per heavy atom. The lowest BCUT2D eigenvalue weighted by Crippen LogP contribution is -2.24. The Morgan fingerprint density at radius 1 is 1.03 bits per heavy atom. The first-order chi connectivity index (χ1) is 14.9. The van der Waals surface area contributed by atoms with E-state index in [9.17, 15) is 9.59 Å². The minimum Gasteiger partial charge on any atom is -0.482 e. The fourth-order valence-electron chi connectivity index (χ4n) is 2.53. The lowest BCUT2D eigenvalue weighted by Gasteiger charge is -2.07. The van der Waals surface area contributed by atoms with Gasteiger partial charge in [-0.25, -0.2) is 10.2 Å². The number of carbonyl (C=O) groups excluding carboxylic acids is 2. The summed E-state index contributed by atoms with van der Waals surface area (Å²) >= 11 is 11.8. The number of aryl methyl sites for hydroxylation is 1. The zero-order chi connectivity index (χ0) is 22.2. The number of carbonyl (C=O) groups is 2. The molecule has 0 fully saturated rings. The lowest BCUT2D eigenvalue weighted by molar-refractivity contribution is -0.123. The quantitative estimate of drug-likeness (QED) is 0.233. The third-order valence-corrected chi connectivity index (χ3v) is 4.64. The van der Waals surface area contributed by atoms with Crippen molar-refractivity contribution < 1.29 is 19.1 Å². The normalized spacial score (nSPS) is 10.7. The number of esters is 1. The highest BCUT2D eigenvalue weighted by Crippen LogP contribution is 2.27. The first-order valence-electron chi connectivity index (χ1n) is 9.20. The van der Waals surface area contributed by atoms with Gasteiger partial charge >= 0.3 is 5.97 Å². The van der Waals surface area contributed by atoms with E-state index in [4.69, 9.17) is 32.7 Å². The molecule has 158 valence electrons. The van der Waals surface area contributed by atoms with Gasteiger partial charge in [-0.15, -0.1) is 0 Å². The Hall–Kier alpha value is -3.35. The Kier molecular flexibility index (Phi) is 7.65. The molecule has 0 spiro atoms. The molecular weight excluding hydrogens is 439 g/mol.